The van der Waals surface area contributed by atoms with Gasteiger partial charge >= 0.3 is 0 Å². The van der Waals surface area contributed by atoms with Crippen molar-refractivity contribution in [3.8, 4) is 0 Å². The zero-order valence-electron chi connectivity index (χ0n) is 7.48. The van der Waals surface area contributed by atoms with E-state index in [0.29, 0.717) is 0 Å². The van der Waals surface area contributed by atoms with Gasteiger partial charge in [-0.3, -0.25) is 0 Å². The summed E-state index contributed by atoms with van der Waals surface area (Å²) in [5, 5.41) is 0. The van der Waals surface area contributed by atoms with Crippen LogP contribution in [-0.2, 0) is 17.4 Å². The van der Waals surface area contributed by atoms with Gasteiger partial charge in [0.15, 0.2) is 0 Å². The van der Waals surface area contributed by atoms with Crippen LogP contribution in [0.15, 0.2) is 0 Å². The fourth-order valence-corrected chi connectivity index (χ4v) is 1.77. The van der Waals surface area contributed by atoms with Gasteiger partial charge < -0.3 is 0 Å². The van der Waals surface area contributed by atoms with Gasteiger partial charge in [-0.15, -0.1) is 0 Å². The van der Waals surface area contributed by atoms with Crippen molar-refractivity contribution in [2.24, 2.45) is 0 Å². The minimum absolute atomic E-state index is 0. The maximum absolute atomic E-state index is 1.50. The van der Waals surface area contributed by atoms with Crippen LogP contribution in [0.5, 0.6) is 0 Å². The first-order valence-corrected chi connectivity index (χ1v) is 5.00. The van der Waals surface area contributed by atoms with Crippen LogP contribution < -0.4 is 0 Å². The minimum atomic E-state index is 0. The van der Waals surface area contributed by atoms with Gasteiger partial charge in [-0.1, -0.05) is 64.2 Å². The van der Waals surface area contributed by atoms with E-state index in [0.717, 1.165) is 0 Å². The van der Waals surface area contributed by atoms with Crippen molar-refractivity contribution in [2.75, 3.05) is 0 Å². The molecule has 0 spiro atoms. The molecule has 2 fully saturated rings. The van der Waals surface area contributed by atoms with Crippen LogP contribution in [0.25, 0.3) is 0 Å². The Labute approximate surface area is 81.9 Å². The molecule has 0 atom stereocenters. The molecule has 0 radical (unpaired) electrons. The van der Waals surface area contributed by atoms with Crippen LogP contribution in [0.4, 0.5) is 0 Å². The molecule has 0 bridgehead atoms. The van der Waals surface area contributed by atoms with Crippen LogP contribution in [0.3, 0.4) is 0 Å². The monoisotopic (exact) mass is 192 g/mol. The van der Waals surface area contributed by atoms with Gasteiger partial charge in [0.2, 0.25) is 0 Å². The molecular formula is C10H20Cr. The molecule has 2 aliphatic carbocycles. The molecule has 11 heavy (non-hydrogen) atoms. The Balaban J connectivity index is 0.000000167. The number of rotatable bonds is 0. The van der Waals surface area contributed by atoms with Crippen LogP contribution in [0, 0.1) is 0 Å². The predicted molar refractivity (Wildman–Crippen MR) is 46.2 cm³/mol. The Morgan fingerprint density at radius 2 is 0.364 bits per heavy atom. The van der Waals surface area contributed by atoms with E-state index in [1.807, 2.05) is 0 Å². The van der Waals surface area contributed by atoms with Gasteiger partial charge in [0.1, 0.15) is 0 Å². The Kier molecular flexibility index (Phi) is 9.05. The van der Waals surface area contributed by atoms with Crippen molar-refractivity contribution in [2.45, 2.75) is 64.2 Å². The van der Waals surface area contributed by atoms with E-state index < -0.39 is 0 Å². The standard InChI is InChI=1S/2C5H10.Cr/c2*1-2-4-5-3-1;/h2*1-5H2;. The summed E-state index contributed by atoms with van der Waals surface area (Å²) >= 11 is 0. The van der Waals surface area contributed by atoms with Crippen molar-refractivity contribution in [3.05, 3.63) is 0 Å². The maximum atomic E-state index is 1.50. The molecule has 0 nitrogen and oxygen atoms in total. The molecule has 0 heterocycles. The largest absolute Gasteiger partial charge is 0.0533 e. The molecule has 2 rings (SSSR count). The third-order valence-electron chi connectivity index (χ3n) is 2.50. The second-order valence-electron chi connectivity index (χ2n) is 3.54. The molecule has 0 aromatic heterocycles. The second kappa shape index (κ2) is 8.63. The number of hydrogen-bond acceptors (Lipinski definition) is 0. The van der Waals surface area contributed by atoms with Gasteiger partial charge in [0.05, 0.1) is 0 Å². The zero-order chi connectivity index (χ0) is 7.07. The van der Waals surface area contributed by atoms with E-state index in [2.05, 4.69) is 0 Å². The molecule has 0 saturated heterocycles. The van der Waals surface area contributed by atoms with E-state index in [-0.39, 0.29) is 17.4 Å². The van der Waals surface area contributed by atoms with Crippen LogP contribution >= 0.6 is 0 Å². The minimum Gasteiger partial charge on any atom is -0.0533 e. The van der Waals surface area contributed by atoms with Gasteiger partial charge in [0.25, 0.3) is 0 Å². The average Bonchev–Trinajstić information content (AvgIpc) is 2.67. The van der Waals surface area contributed by atoms with E-state index in [9.17, 15) is 0 Å². The quantitative estimate of drug-likeness (QED) is 0.546. The second-order valence-corrected chi connectivity index (χ2v) is 3.54. The smallest absolute Gasteiger partial charge is 0 e. The van der Waals surface area contributed by atoms with E-state index in [1.54, 1.807) is 0 Å². The Hall–Kier alpha value is 0.532. The molecular weight excluding hydrogens is 172 g/mol. The Morgan fingerprint density at radius 3 is 0.455 bits per heavy atom. The Bertz CT molecular complexity index is 38.1. The first-order chi connectivity index (χ1) is 5.00. The van der Waals surface area contributed by atoms with Gasteiger partial charge in [-0.05, 0) is 0 Å². The number of hydrogen-bond donors (Lipinski definition) is 0. The first kappa shape index (κ1) is 11.5. The zero-order valence-corrected chi connectivity index (χ0v) is 8.75. The third kappa shape index (κ3) is 6.91. The SMILES string of the molecule is C1CCCC1.C1CCCC1.[Cr]. The topological polar surface area (TPSA) is 0 Å². The fourth-order valence-electron chi connectivity index (χ4n) is 1.77. The third-order valence-corrected chi connectivity index (χ3v) is 2.50. The van der Waals surface area contributed by atoms with Crippen LogP contribution in [0.2, 0.25) is 0 Å². The van der Waals surface area contributed by atoms with Gasteiger partial charge in [0, 0.05) is 17.4 Å². The summed E-state index contributed by atoms with van der Waals surface area (Å²) in [4.78, 5) is 0. The molecule has 1 heteroatoms. The average molecular weight is 192 g/mol. The van der Waals surface area contributed by atoms with Crippen LogP contribution in [0.1, 0.15) is 64.2 Å². The molecule has 2 aliphatic rings. The molecule has 0 N–H and O–H groups in total. The summed E-state index contributed by atoms with van der Waals surface area (Å²) in [6.45, 7) is 0. The van der Waals surface area contributed by atoms with Crippen molar-refractivity contribution < 1.29 is 17.4 Å². The maximum Gasteiger partial charge on any atom is 0 e. The summed E-state index contributed by atoms with van der Waals surface area (Å²) in [6, 6.07) is 0. The van der Waals surface area contributed by atoms with Crippen molar-refractivity contribution in [1.82, 2.24) is 0 Å². The van der Waals surface area contributed by atoms with Crippen molar-refractivity contribution >= 4 is 0 Å². The van der Waals surface area contributed by atoms with E-state index in [4.69, 9.17) is 0 Å². The summed E-state index contributed by atoms with van der Waals surface area (Å²) < 4.78 is 0. The molecule has 0 aromatic carbocycles. The van der Waals surface area contributed by atoms with E-state index >= 15 is 0 Å². The molecule has 0 aliphatic heterocycles. The van der Waals surface area contributed by atoms with Crippen molar-refractivity contribution in [3.63, 3.8) is 0 Å². The molecule has 2 saturated carbocycles. The van der Waals surface area contributed by atoms with E-state index in [1.165, 1.54) is 64.2 Å². The first-order valence-electron chi connectivity index (χ1n) is 5.00. The summed E-state index contributed by atoms with van der Waals surface area (Å²) in [6.07, 6.45) is 15.0. The predicted octanol–water partition coefficient (Wildman–Crippen LogP) is 3.90. The van der Waals surface area contributed by atoms with Crippen LogP contribution in [-0.4, -0.2) is 0 Å². The summed E-state index contributed by atoms with van der Waals surface area (Å²) in [5.41, 5.74) is 0. The fraction of sp³-hybridized carbons (Fsp3) is 1.00. The molecule has 0 unspecified atom stereocenters. The normalized spacial score (nSPS) is 21.8. The Morgan fingerprint density at radius 1 is 0.273 bits per heavy atom. The van der Waals surface area contributed by atoms with Gasteiger partial charge in [-0.25, -0.2) is 0 Å². The molecule has 66 valence electrons. The van der Waals surface area contributed by atoms with Gasteiger partial charge in [-0.2, -0.15) is 0 Å². The molecule has 0 aromatic rings. The molecule has 0 amide bonds. The summed E-state index contributed by atoms with van der Waals surface area (Å²) in [7, 11) is 0. The summed E-state index contributed by atoms with van der Waals surface area (Å²) in [5.74, 6) is 0. The van der Waals surface area contributed by atoms with Crippen molar-refractivity contribution in [1.29, 1.82) is 0 Å².